The van der Waals surface area contributed by atoms with Crippen LogP contribution in [0.3, 0.4) is 0 Å². The van der Waals surface area contributed by atoms with Crippen molar-refractivity contribution in [1.29, 1.82) is 0 Å². The Labute approximate surface area is 78.2 Å². The summed E-state index contributed by atoms with van der Waals surface area (Å²) in [6, 6.07) is 0.401. The summed E-state index contributed by atoms with van der Waals surface area (Å²) in [7, 11) is 0. The predicted molar refractivity (Wildman–Crippen MR) is 47.9 cm³/mol. The molecule has 0 aliphatic carbocycles. The van der Waals surface area contributed by atoms with Crippen LogP contribution < -0.4 is 5.32 Å². The third kappa shape index (κ3) is 2.19. The largest absolute Gasteiger partial charge is 0.368 e. The summed E-state index contributed by atoms with van der Waals surface area (Å²) in [5.41, 5.74) is 0. The molecule has 2 heterocycles. The van der Waals surface area contributed by atoms with Crippen molar-refractivity contribution in [2.75, 3.05) is 19.6 Å². The molecule has 0 bridgehead atoms. The first-order valence-electron chi connectivity index (χ1n) is 5.04. The Kier molecular flexibility index (Phi) is 2.80. The fourth-order valence-corrected chi connectivity index (χ4v) is 1.94. The Bertz CT molecular complexity index is 190. The number of hydrogen-bond acceptors (Lipinski definition) is 4. The zero-order chi connectivity index (χ0) is 9.10. The number of rotatable bonds is 1. The van der Waals surface area contributed by atoms with E-state index in [9.17, 15) is 4.79 Å². The van der Waals surface area contributed by atoms with Gasteiger partial charge in [-0.15, -0.1) is 5.06 Å². The molecule has 2 aliphatic rings. The Balaban J connectivity index is 1.87. The third-order valence-electron chi connectivity index (χ3n) is 2.66. The smallest absolute Gasteiger partial charge is 0.325 e. The van der Waals surface area contributed by atoms with Gasteiger partial charge in [0.05, 0.1) is 6.04 Å². The van der Waals surface area contributed by atoms with Crippen molar-refractivity contribution < 1.29 is 9.63 Å². The van der Waals surface area contributed by atoms with Crippen molar-refractivity contribution in [1.82, 2.24) is 10.4 Å². The molecule has 0 saturated carbocycles. The second kappa shape index (κ2) is 4.07. The Hall–Kier alpha value is -0.610. The first-order chi connectivity index (χ1) is 6.36. The molecule has 2 saturated heterocycles. The van der Waals surface area contributed by atoms with E-state index in [-0.39, 0.29) is 5.97 Å². The number of nitrogens with zero attached hydrogens (tertiary/aromatic N) is 1. The molecule has 2 fully saturated rings. The molecule has 4 nitrogen and oxygen atoms in total. The summed E-state index contributed by atoms with van der Waals surface area (Å²) in [6.07, 6.45) is 3.84. The van der Waals surface area contributed by atoms with Crippen LogP contribution in [0.5, 0.6) is 0 Å². The summed E-state index contributed by atoms with van der Waals surface area (Å²) < 4.78 is 0. The minimum absolute atomic E-state index is 0.0724. The molecule has 1 atom stereocenters. The highest BCUT2D eigenvalue weighted by molar-refractivity contribution is 5.69. The average molecular weight is 184 g/mol. The number of hydrogen-bond donors (Lipinski definition) is 1. The van der Waals surface area contributed by atoms with E-state index < -0.39 is 0 Å². The zero-order valence-electron chi connectivity index (χ0n) is 7.79. The Morgan fingerprint density at radius 2 is 2.38 bits per heavy atom. The van der Waals surface area contributed by atoms with Gasteiger partial charge in [-0.3, -0.25) is 4.79 Å². The average Bonchev–Trinajstić information content (AvgIpc) is 2.19. The molecule has 74 valence electrons. The van der Waals surface area contributed by atoms with E-state index >= 15 is 0 Å². The van der Waals surface area contributed by atoms with E-state index in [2.05, 4.69) is 5.32 Å². The van der Waals surface area contributed by atoms with Gasteiger partial charge in [-0.25, -0.2) is 0 Å². The number of carbonyl (C=O) groups excluding carboxylic acids is 1. The molecule has 1 N–H and O–H groups in total. The molecular weight excluding hydrogens is 168 g/mol. The maximum absolute atomic E-state index is 11.0. The van der Waals surface area contributed by atoms with Gasteiger partial charge in [0.1, 0.15) is 0 Å². The van der Waals surface area contributed by atoms with E-state index in [1.54, 1.807) is 0 Å². The van der Waals surface area contributed by atoms with E-state index in [1.807, 2.05) is 5.06 Å². The minimum Gasteiger partial charge on any atom is -0.368 e. The highest BCUT2D eigenvalue weighted by Crippen LogP contribution is 2.16. The lowest BCUT2D eigenvalue weighted by Crippen LogP contribution is -2.48. The Morgan fingerprint density at radius 3 is 3.08 bits per heavy atom. The molecule has 13 heavy (non-hydrogen) atoms. The molecule has 2 aliphatic heterocycles. The lowest BCUT2D eigenvalue weighted by molar-refractivity contribution is -0.214. The van der Waals surface area contributed by atoms with Crippen LogP contribution in [0.1, 0.15) is 25.7 Å². The molecule has 0 radical (unpaired) electrons. The van der Waals surface area contributed by atoms with Gasteiger partial charge in [-0.05, 0) is 25.8 Å². The van der Waals surface area contributed by atoms with Crippen molar-refractivity contribution in [2.24, 2.45) is 0 Å². The molecule has 0 aromatic carbocycles. The van der Waals surface area contributed by atoms with Crippen LogP contribution in [0.15, 0.2) is 0 Å². The summed E-state index contributed by atoms with van der Waals surface area (Å²) in [5, 5.41) is 5.17. The van der Waals surface area contributed by atoms with Crippen LogP contribution in [0.2, 0.25) is 0 Å². The van der Waals surface area contributed by atoms with Crippen LogP contribution in [-0.4, -0.2) is 36.7 Å². The molecule has 0 amide bonds. The number of carbonyl (C=O) groups is 1. The lowest BCUT2D eigenvalue weighted by Gasteiger charge is -2.34. The molecule has 0 aromatic heterocycles. The second-order valence-electron chi connectivity index (χ2n) is 3.71. The van der Waals surface area contributed by atoms with E-state index in [0.717, 1.165) is 32.5 Å². The van der Waals surface area contributed by atoms with Crippen LogP contribution in [-0.2, 0) is 9.63 Å². The van der Waals surface area contributed by atoms with Gasteiger partial charge in [-0.1, -0.05) is 0 Å². The van der Waals surface area contributed by atoms with Crippen molar-refractivity contribution in [2.45, 2.75) is 31.7 Å². The summed E-state index contributed by atoms with van der Waals surface area (Å²) >= 11 is 0. The number of piperidine rings is 1. The van der Waals surface area contributed by atoms with Gasteiger partial charge >= 0.3 is 5.97 Å². The second-order valence-corrected chi connectivity index (χ2v) is 3.71. The topological polar surface area (TPSA) is 41.6 Å². The quantitative estimate of drug-likeness (QED) is 0.636. The number of nitrogens with one attached hydrogen (secondary N) is 1. The van der Waals surface area contributed by atoms with Gasteiger partial charge in [0, 0.05) is 19.5 Å². The van der Waals surface area contributed by atoms with Crippen LogP contribution >= 0.6 is 0 Å². The molecular formula is C9H16N2O2. The molecule has 1 unspecified atom stereocenters. The third-order valence-corrected chi connectivity index (χ3v) is 2.66. The monoisotopic (exact) mass is 184 g/mol. The molecule has 2 rings (SSSR count). The zero-order valence-corrected chi connectivity index (χ0v) is 7.79. The predicted octanol–water partition coefficient (Wildman–Crippen LogP) is 0.292. The van der Waals surface area contributed by atoms with Gasteiger partial charge in [0.2, 0.25) is 0 Å². The maximum Gasteiger partial charge on any atom is 0.325 e. The highest BCUT2D eigenvalue weighted by Gasteiger charge is 2.26. The standard InChI is InChI=1S/C9H16N2O2/c12-9-4-2-6-11(13-9)8-3-1-5-10-7-8/h8,10H,1-7H2. The lowest BCUT2D eigenvalue weighted by atomic mass is 10.1. The summed E-state index contributed by atoms with van der Waals surface area (Å²) in [4.78, 5) is 16.2. The summed E-state index contributed by atoms with van der Waals surface area (Å²) in [6.45, 7) is 2.95. The highest BCUT2D eigenvalue weighted by atomic mass is 16.7. The van der Waals surface area contributed by atoms with Gasteiger partial charge in [0.15, 0.2) is 0 Å². The van der Waals surface area contributed by atoms with Gasteiger partial charge in [0.25, 0.3) is 0 Å². The maximum atomic E-state index is 11.0. The first kappa shape index (κ1) is 8.97. The molecule has 0 aromatic rings. The fraction of sp³-hybridized carbons (Fsp3) is 0.889. The first-order valence-corrected chi connectivity index (χ1v) is 5.04. The van der Waals surface area contributed by atoms with E-state index in [4.69, 9.17) is 4.84 Å². The van der Waals surface area contributed by atoms with Crippen LogP contribution in [0.4, 0.5) is 0 Å². The molecule has 0 spiro atoms. The summed E-state index contributed by atoms with van der Waals surface area (Å²) in [5.74, 6) is -0.0724. The molecule has 4 heteroatoms. The van der Waals surface area contributed by atoms with Gasteiger partial charge < -0.3 is 10.2 Å². The van der Waals surface area contributed by atoms with Gasteiger partial charge in [-0.2, -0.15) is 0 Å². The van der Waals surface area contributed by atoms with E-state index in [0.29, 0.717) is 12.5 Å². The fourth-order valence-electron chi connectivity index (χ4n) is 1.94. The van der Waals surface area contributed by atoms with Crippen LogP contribution in [0, 0.1) is 0 Å². The minimum atomic E-state index is -0.0724. The SMILES string of the molecule is O=C1CCCN(C2CCCNC2)O1. The van der Waals surface area contributed by atoms with Crippen molar-refractivity contribution >= 4 is 5.97 Å². The van der Waals surface area contributed by atoms with Crippen molar-refractivity contribution in [3.63, 3.8) is 0 Å². The van der Waals surface area contributed by atoms with Crippen molar-refractivity contribution in [3.8, 4) is 0 Å². The van der Waals surface area contributed by atoms with E-state index in [1.165, 1.54) is 6.42 Å². The normalized spacial score (nSPS) is 31.4. The van der Waals surface area contributed by atoms with Crippen LogP contribution in [0.25, 0.3) is 0 Å². The van der Waals surface area contributed by atoms with Crippen molar-refractivity contribution in [3.05, 3.63) is 0 Å². The Morgan fingerprint density at radius 1 is 1.46 bits per heavy atom. The number of hydroxylamine groups is 2.